The maximum atomic E-state index is 14.5. The SMILES string of the molecule is CNC[C@H](CC1CCCCC1)NC(=O)N1CCC[C@@H]([C@@](O)(CCCCOC)c2cccc(F)c2C)C1. The first kappa shape index (κ1) is 28.9. The number of benzene rings is 1. The van der Waals surface area contributed by atoms with E-state index in [0.717, 1.165) is 38.6 Å². The number of likely N-dealkylation sites (N-methyl/N-ethyl adjacent to an activating group) is 1. The van der Waals surface area contributed by atoms with E-state index in [2.05, 4.69) is 10.6 Å². The molecule has 204 valence electrons. The largest absolute Gasteiger partial charge is 0.385 e. The van der Waals surface area contributed by atoms with Gasteiger partial charge in [0.15, 0.2) is 0 Å². The van der Waals surface area contributed by atoms with Crippen LogP contribution in [0.1, 0.15) is 81.8 Å². The van der Waals surface area contributed by atoms with Gasteiger partial charge in [0, 0.05) is 45.3 Å². The molecule has 1 aliphatic carbocycles. The molecule has 1 heterocycles. The normalized spacial score (nSPS) is 21.7. The summed E-state index contributed by atoms with van der Waals surface area (Å²) in [5.74, 6) is 0.228. The molecule has 0 aromatic heterocycles. The lowest BCUT2D eigenvalue weighted by atomic mass is 9.73. The lowest BCUT2D eigenvalue weighted by Crippen LogP contribution is -2.54. The molecular weight excluding hydrogens is 457 g/mol. The number of hydrogen-bond donors (Lipinski definition) is 3. The summed E-state index contributed by atoms with van der Waals surface area (Å²) in [6, 6.07) is 5.02. The highest BCUT2D eigenvalue weighted by molar-refractivity contribution is 5.74. The molecule has 7 heteroatoms. The standard InChI is InChI=1S/C29H48FN3O3/c1-22-26(14-9-15-27(22)30)29(35,16-7-8-18-36-3)24-13-10-17-33(21-24)28(34)32-25(20-31-2)19-23-11-5-4-6-12-23/h9,14-15,23-25,31,35H,4-8,10-13,16-21H2,1-3H3,(H,32,34)/t24-,25+,29+/m1/s1. The average Bonchev–Trinajstić information content (AvgIpc) is 2.89. The number of ether oxygens (including phenoxy) is 1. The molecule has 36 heavy (non-hydrogen) atoms. The lowest BCUT2D eigenvalue weighted by molar-refractivity contribution is -0.0570. The molecule has 1 aromatic carbocycles. The summed E-state index contributed by atoms with van der Waals surface area (Å²) in [4.78, 5) is 15.3. The quantitative estimate of drug-likeness (QED) is 0.345. The number of amides is 2. The van der Waals surface area contributed by atoms with E-state index in [0.29, 0.717) is 43.2 Å². The fourth-order valence-electron chi connectivity index (χ4n) is 6.36. The molecule has 1 aromatic rings. The van der Waals surface area contributed by atoms with E-state index in [1.54, 1.807) is 20.1 Å². The van der Waals surface area contributed by atoms with Gasteiger partial charge in [-0.05, 0) is 75.6 Å². The van der Waals surface area contributed by atoms with Crippen LogP contribution >= 0.6 is 0 Å². The van der Waals surface area contributed by atoms with Crippen molar-refractivity contribution in [2.24, 2.45) is 11.8 Å². The van der Waals surface area contributed by atoms with Crippen LogP contribution < -0.4 is 10.6 Å². The minimum atomic E-state index is -1.19. The van der Waals surface area contributed by atoms with Crippen molar-refractivity contribution in [2.45, 2.75) is 89.2 Å². The molecule has 0 bridgehead atoms. The van der Waals surface area contributed by atoms with Crippen LogP contribution in [0.5, 0.6) is 0 Å². The number of carbonyl (C=O) groups excluding carboxylic acids is 1. The maximum Gasteiger partial charge on any atom is 0.317 e. The Morgan fingerprint density at radius 3 is 2.72 bits per heavy atom. The fraction of sp³-hybridized carbons (Fsp3) is 0.759. The van der Waals surface area contributed by atoms with E-state index in [9.17, 15) is 14.3 Å². The van der Waals surface area contributed by atoms with Crippen LogP contribution in [0.15, 0.2) is 18.2 Å². The Balaban J connectivity index is 1.72. The molecule has 3 rings (SSSR count). The van der Waals surface area contributed by atoms with Crippen LogP contribution in [0, 0.1) is 24.6 Å². The zero-order chi connectivity index (χ0) is 26.0. The molecule has 0 radical (unpaired) electrons. The van der Waals surface area contributed by atoms with Crippen LogP contribution in [0.3, 0.4) is 0 Å². The Morgan fingerprint density at radius 2 is 2.00 bits per heavy atom. The molecule has 3 N–H and O–H groups in total. The second kappa shape index (κ2) is 14.3. The van der Waals surface area contributed by atoms with Crippen molar-refractivity contribution < 1.29 is 19.0 Å². The lowest BCUT2D eigenvalue weighted by Gasteiger charge is -2.43. The van der Waals surface area contributed by atoms with Crippen LogP contribution in [0.4, 0.5) is 9.18 Å². The summed E-state index contributed by atoms with van der Waals surface area (Å²) in [7, 11) is 3.61. The number of rotatable bonds is 12. The topological polar surface area (TPSA) is 73.8 Å². The first-order valence-electron chi connectivity index (χ1n) is 14.1. The van der Waals surface area contributed by atoms with Gasteiger partial charge in [0.25, 0.3) is 0 Å². The summed E-state index contributed by atoms with van der Waals surface area (Å²) in [5, 5.41) is 18.7. The van der Waals surface area contributed by atoms with E-state index < -0.39 is 5.60 Å². The number of hydrogen-bond acceptors (Lipinski definition) is 4. The Labute approximate surface area is 217 Å². The van der Waals surface area contributed by atoms with Crippen LogP contribution in [-0.4, -0.2) is 62.5 Å². The molecule has 1 aliphatic heterocycles. The second-order valence-electron chi connectivity index (χ2n) is 11.0. The minimum absolute atomic E-state index is 0.0477. The van der Waals surface area contributed by atoms with Gasteiger partial charge in [0.2, 0.25) is 0 Å². The third kappa shape index (κ3) is 7.65. The molecule has 1 saturated carbocycles. The third-order valence-electron chi connectivity index (χ3n) is 8.40. The summed E-state index contributed by atoms with van der Waals surface area (Å²) >= 11 is 0. The Hall–Kier alpha value is -1.70. The van der Waals surface area contributed by atoms with Crippen molar-refractivity contribution in [3.8, 4) is 0 Å². The Bertz CT molecular complexity index is 817. The summed E-state index contributed by atoms with van der Waals surface area (Å²) in [6.07, 6.45) is 11.2. The highest BCUT2D eigenvalue weighted by Gasteiger charge is 2.42. The van der Waals surface area contributed by atoms with Crippen LogP contribution in [0.25, 0.3) is 0 Å². The smallest absolute Gasteiger partial charge is 0.317 e. The van der Waals surface area contributed by atoms with Gasteiger partial charge in [-0.1, -0.05) is 44.2 Å². The number of nitrogens with zero attached hydrogens (tertiary/aromatic N) is 1. The van der Waals surface area contributed by atoms with Crippen LogP contribution in [0.2, 0.25) is 0 Å². The molecule has 0 unspecified atom stereocenters. The number of urea groups is 1. The van der Waals surface area contributed by atoms with E-state index in [1.807, 2.05) is 18.0 Å². The number of unbranched alkanes of at least 4 members (excludes halogenated alkanes) is 1. The van der Waals surface area contributed by atoms with Gasteiger partial charge >= 0.3 is 6.03 Å². The van der Waals surface area contributed by atoms with Crippen molar-refractivity contribution >= 4 is 6.03 Å². The number of likely N-dealkylation sites (tertiary alicyclic amines) is 1. The number of halogens is 1. The number of nitrogens with one attached hydrogen (secondary N) is 2. The summed E-state index contributed by atoms with van der Waals surface area (Å²) in [5.41, 5.74) is -0.0434. The zero-order valence-corrected chi connectivity index (χ0v) is 22.7. The van der Waals surface area contributed by atoms with E-state index >= 15 is 0 Å². The van der Waals surface area contributed by atoms with Crippen molar-refractivity contribution in [1.82, 2.24) is 15.5 Å². The minimum Gasteiger partial charge on any atom is -0.385 e. The molecule has 2 fully saturated rings. The van der Waals surface area contributed by atoms with Crippen molar-refractivity contribution in [3.63, 3.8) is 0 Å². The zero-order valence-electron chi connectivity index (χ0n) is 22.7. The van der Waals surface area contributed by atoms with Gasteiger partial charge in [-0.2, -0.15) is 0 Å². The Morgan fingerprint density at radius 1 is 1.22 bits per heavy atom. The highest BCUT2D eigenvalue weighted by Crippen LogP contribution is 2.41. The van der Waals surface area contributed by atoms with Crippen molar-refractivity contribution in [2.75, 3.05) is 40.4 Å². The van der Waals surface area contributed by atoms with Crippen LogP contribution in [-0.2, 0) is 10.3 Å². The Kier molecular flexibility index (Phi) is 11.5. The number of methoxy groups -OCH3 is 1. The molecular formula is C29H48FN3O3. The van der Waals surface area contributed by atoms with Gasteiger partial charge < -0.3 is 25.4 Å². The predicted octanol–water partition coefficient (Wildman–Crippen LogP) is 5.12. The molecule has 1 saturated heterocycles. The number of piperidine rings is 1. The van der Waals surface area contributed by atoms with Gasteiger partial charge in [-0.25, -0.2) is 9.18 Å². The monoisotopic (exact) mass is 505 g/mol. The van der Waals surface area contributed by atoms with Gasteiger partial charge in [0.1, 0.15) is 5.82 Å². The van der Waals surface area contributed by atoms with E-state index in [4.69, 9.17) is 4.74 Å². The first-order chi connectivity index (χ1) is 17.4. The van der Waals surface area contributed by atoms with Gasteiger partial charge in [-0.15, -0.1) is 0 Å². The fourth-order valence-corrected chi connectivity index (χ4v) is 6.36. The number of carbonyl (C=O) groups is 1. The van der Waals surface area contributed by atoms with Gasteiger partial charge in [-0.3, -0.25) is 0 Å². The molecule has 2 amide bonds. The van der Waals surface area contributed by atoms with Crippen molar-refractivity contribution in [3.05, 3.63) is 35.1 Å². The van der Waals surface area contributed by atoms with Crippen molar-refractivity contribution in [1.29, 1.82) is 0 Å². The average molecular weight is 506 g/mol. The second-order valence-corrected chi connectivity index (χ2v) is 11.0. The molecule has 3 atom stereocenters. The summed E-state index contributed by atoms with van der Waals surface area (Å²) in [6.45, 7) is 4.28. The van der Waals surface area contributed by atoms with Gasteiger partial charge in [0.05, 0.1) is 5.60 Å². The molecule has 6 nitrogen and oxygen atoms in total. The molecule has 0 spiro atoms. The summed E-state index contributed by atoms with van der Waals surface area (Å²) < 4.78 is 19.7. The maximum absolute atomic E-state index is 14.5. The number of aliphatic hydroxyl groups is 1. The molecule has 2 aliphatic rings. The highest BCUT2D eigenvalue weighted by atomic mass is 19.1. The first-order valence-corrected chi connectivity index (χ1v) is 14.1. The van der Waals surface area contributed by atoms with E-state index in [-0.39, 0.29) is 23.8 Å². The predicted molar refractivity (Wildman–Crippen MR) is 142 cm³/mol. The third-order valence-corrected chi connectivity index (χ3v) is 8.40. The van der Waals surface area contributed by atoms with E-state index in [1.165, 1.54) is 38.2 Å².